The SMILES string of the molecule is CN(C)CCOc1ccc(-c2nc3cccc4c3n2CCNC4=O)cc1. The highest BCUT2D eigenvalue weighted by Crippen LogP contribution is 2.29. The average molecular weight is 350 g/mol. The summed E-state index contributed by atoms with van der Waals surface area (Å²) in [4.78, 5) is 19.1. The van der Waals surface area contributed by atoms with Crippen molar-refractivity contribution in [3.8, 4) is 17.1 Å². The highest BCUT2D eigenvalue weighted by atomic mass is 16.5. The largest absolute Gasteiger partial charge is 0.492 e. The van der Waals surface area contributed by atoms with Gasteiger partial charge < -0.3 is 19.5 Å². The number of rotatable bonds is 5. The zero-order valence-electron chi connectivity index (χ0n) is 15.0. The van der Waals surface area contributed by atoms with Gasteiger partial charge in [0.1, 0.15) is 18.2 Å². The lowest BCUT2D eigenvalue weighted by molar-refractivity contribution is 0.0956. The summed E-state index contributed by atoms with van der Waals surface area (Å²) in [5.41, 5.74) is 3.45. The van der Waals surface area contributed by atoms with E-state index in [1.54, 1.807) is 0 Å². The summed E-state index contributed by atoms with van der Waals surface area (Å²) >= 11 is 0. The number of amides is 1. The molecule has 0 spiro atoms. The molecule has 0 radical (unpaired) electrons. The van der Waals surface area contributed by atoms with Gasteiger partial charge in [0.15, 0.2) is 0 Å². The molecule has 1 aromatic heterocycles. The maximum absolute atomic E-state index is 12.3. The molecule has 1 aliphatic heterocycles. The quantitative estimate of drug-likeness (QED) is 0.768. The van der Waals surface area contributed by atoms with Crippen LogP contribution in [-0.4, -0.2) is 54.1 Å². The first-order chi connectivity index (χ1) is 12.6. The number of likely N-dealkylation sites (N-methyl/N-ethyl adjacent to an activating group) is 1. The molecule has 6 nitrogen and oxygen atoms in total. The molecule has 6 heteroatoms. The van der Waals surface area contributed by atoms with Gasteiger partial charge in [-0.25, -0.2) is 4.98 Å². The van der Waals surface area contributed by atoms with Crippen LogP contribution >= 0.6 is 0 Å². The van der Waals surface area contributed by atoms with E-state index in [1.165, 1.54) is 0 Å². The van der Waals surface area contributed by atoms with E-state index in [0.29, 0.717) is 25.3 Å². The molecule has 0 bridgehead atoms. The zero-order valence-corrected chi connectivity index (χ0v) is 15.0. The van der Waals surface area contributed by atoms with Crippen molar-refractivity contribution < 1.29 is 9.53 Å². The normalized spacial score (nSPS) is 13.7. The standard InChI is InChI=1S/C20H22N4O2/c1-23(2)12-13-26-15-8-6-14(7-9-15)19-22-17-5-3-4-16-18(17)24(19)11-10-21-20(16)25/h3-9H,10-13H2,1-2H3,(H,21,25). The van der Waals surface area contributed by atoms with Crippen LogP contribution < -0.4 is 10.1 Å². The second-order valence-corrected chi connectivity index (χ2v) is 6.69. The number of carbonyl (C=O) groups excluding carboxylic acids is 1. The molecular formula is C20H22N4O2. The van der Waals surface area contributed by atoms with Crippen LogP contribution in [0.5, 0.6) is 5.75 Å². The first kappa shape index (κ1) is 16.6. The number of carbonyl (C=O) groups is 1. The van der Waals surface area contributed by atoms with Gasteiger partial charge in [-0.2, -0.15) is 0 Å². The third-order valence-corrected chi connectivity index (χ3v) is 4.55. The van der Waals surface area contributed by atoms with Crippen molar-refractivity contribution in [1.82, 2.24) is 19.8 Å². The number of aromatic nitrogens is 2. The minimum atomic E-state index is -0.0366. The van der Waals surface area contributed by atoms with E-state index in [1.807, 2.05) is 56.6 Å². The van der Waals surface area contributed by atoms with E-state index in [2.05, 4.69) is 14.8 Å². The Bertz CT molecular complexity index is 944. The Labute approximate surface area is 152 Å². The van der Waals surface area contributed by atoms with E-state index in [9.17, 15) is 4.79 Å². The van der Waals surface area contributed by atoms with Crippen LogP contribution in [0, 0.1) is 0 Å². The summed E-state index contributed by atoms with van der Waals surface area (Å²) in [6.07, 6.45) is 0. The number of benzene rings is 2. The molecule has 2 heterocycles. The minimum absolute atomic E-state index is 0.0366. The molecule has 1 aliphatic rings. The third-order valence-electron chi connectivity index (χ3n) is 4.55. The molecule has 0 fully saturated rings. The molecular weight excluding hydrogens is 328 g/mol. The van der Waals surface area contributed by atoms with Crippen LogP contribution in [0.2, 0.25) is 0 Å². The molecule has 0 saturated carbocycles. The molecule has 2 aromatic carbocycles. The van der Waals surface area contributed by atoms with Crippen LogP contribution in [-0.2, 0) is 6.54 Å². The lowest BCUT2D eigenvalue weighted by atomic mass is 10.1. The smallest absolute Gasteiger partial charge is 0.253 e. The molecule has 1 N–H and O–H groups in total. The molecule has 0 saturated heterocycles. The number of imidazole rings is 1. The van der Waals surface area contributed by atoms with Gasteiger partial charge in [0.25, 0.3) is 5.91 Å². The van der Waals surface area contributed by atoms with Crippen molar-refractivity contribution in [2.24, 2.45) is 0 Å². The van der Waals surface area contributed by atoms with Gasteiger partial charge in [0.05, 0.1) is 16.6 Å². The highest BCUT2D eigenvalue weighted by Gasteiger charge is 2.21. The fraction of sp³-hybridized carbons (Fsp3) is 0.300. The molecule has 0 aliphatic carbocycles. The Kier molecular flexibility index (Phi) is 4.34. The van der Waals surface area contributed by atoms with Gasteiger partial charge in [-0.3, -0.25) is 4.79 Å². The van der Waals surface area contributed by atoms with E-state index in [0.717, 1.165) is 34.7 Å². The highest BCUT2D eigenvalue weighted by molar-refractivity contribution is 6.06. The number of ether oxygens (including phenoxy) is 1. The first-order valence-electron chi connectivity index (χ1n) is 8.79. The molecule has 26 heavy (non-hydrogen) atoms. The number of hydrogen-bond donors (Lipinski definition) is 1. The number of para-hydroxylation sites is 1. The lowest BCUT2D eigenvalue weighted by Gasteiger charge is -2.11. The Hall–Kier alpha value is -2.86. The van der Waals surface area contributed by atoms with Crippen molar-refractivity contribution in [3.63, 3.8) is 0 Å². The Morgan fingerprint density at radius 1 is 1.19 bits per heavy atom. The Balaban J connectivity index is 1.68. The van der Waals surface area contributed by atoms with Gasteiger partial charge in [-0.05, 0) is 50.5 Å². The molecule has 1 amide bonds. The van der Waals surface area contributed by atoms with Gasteiger partial charge in [0, 0.05) is 25.2 Å². The van der Waals surface area contributed by atoms with E-state index >= 15 is 0 Å². The second-order valence-electron chi connectivity index (χ2n) is 6.69. The predicted octanol–water partition coefficient (Wildman–Crippen LogP) is 2.39. The number of hydrogen-bond acceptors (Lipinski definition) is 4. The second kappa shape index (κ2) is 6.80. The first-order valence-corrected chi connectivity index (χ1v) is 8.79. The summed E-state index contributed by atoms with van der Waals surface area (Å²) in [6.45, 7) is 2.83. The Morgan fingerprint density at radius 2 is 2.00 bits per heavy atom. The molecule has 4 rings (SSSR count). The Morgan fingerprint density at radius 3 is 2.77 bits per heavy atom. The van der Waals surface area contributed by atoms with Gasteiger partial charge in [0.2, 0.25) is 0 Å². The predicted molar refractivity (Wildman–Crippen MR) is 102 cm³/mol. The molecule has 0 atom stereocenters. The van der Waals surface area contributed by atoms with E-state index in [-0.39, 0.29) is 5.91 Å². The molecule has 0 unspecified atom stereocenters. The summed E-state index contributed by atoms with van der Waals surface area (Å²) in [5, 5.41) is 2.95. The van der Waals surface area contributed by atoms with E-state index in [4.69, 9.17) is 9.72 Å². The summed E-state index contributed by atoms with van der Waals surface area (Å²) in [5.74, 6) is 1.69. The van der Waals surface area contributed by atoms with Gasteiger partial charge in [-0.1, -0.05) is 6.07 Å². The summed E-state index contributed by atoms with van der Waals surface area (Å²) in [7, 11) is 4.05. The molecule has 134 valence electrons. The van der Waals surface area contributed by atoms with Crippen molar-refractivity contribution in [2.75, 3.05) is 33.8 Å². The maximum atomic E-state index is 12.3. The van der Waals surface area contributed by atoms with Crippen molar-refractivity contribution in [2.45, 2.75) is 6.54 Å². The third kappa shape index (κ3) is 3.04. The summed E-state index contributed by atoms with van der Waals surface area (Å²) < 4.78 is 7.89. The topological polar surface area (TPSA) is 59.4 Å². The van der Waals surface area contributed by atoms with Crippen LogP contribution in [0.4, 0.5) is 0 Å². The lowest BCUT2D eigenvalue weighted by Crippen LogP contribution is -2.24. The van der Waals surface area contributed by atoms with Crippen LogP contribution in [0.15, 0.2) is 42.5 Å². The zero-order chi connectivity index (χ0) is 18.1. The van der Waals surface area contributed by atoms with Crippen LogP contribution in [0.1, 0.15) is 10.4 Å². The van der Waals surface area contributed by atoms with Crippen molar-refractivity contribution in [1.29, 1.82) is 0 Å². The van der Waals surface area contributed by atoms with Crippen molar-refractivity contribution in [3.05, 3.63) is 48.0 Å². The maximum Gasteiger partial charge on any atom is 0.253 e. The van der Waals surface area contributed by atoms with E-state index < -0.39 is 0 Å². The fourth-order valence-electron chi connectivity index (χ4n) is 3.23. The number of nitrogens with one attached hydrogen (secondary N) is 1. The van der Waals surface area contributed by atoms with Crippen LogP contribution in [0.3, 0.4) is 0 Å². The molecule has 3 aromatic rings. The number of nitrogens with zero attached hydrogens (tertiary/aromatic N) is 3. The average Bonchev–Trinajstić information content (AvgIpc) is 2.91. The summed E-state index contributed by atoms with van der Waals surface area (Å²) in [6, 6.07) is 13.7. The van der Waals surface area contributed by atoms with Gasteiger partial charge >= 0.3 is 0 Å². The van der Waals surface area contributed by atoms with Crippen LogP contribution in [0.25, 0.3) is 22.4 Å². The van der Waals surface area contributed by atoms with Gasteiger partial charge in [-0.15, -0.1) is 0 Å². The minimum Gasteiger partial charge on any atom is -0.492 e. The van der Waals surface area contributed by atoms with Crippen molar-refractivity contribution >= 4 is 16.9 Å². The fourth-order valence-corrected chi connectivity index (χ4v) is 3.23. The monoisotopic (exact) mass is 350 g/mol.